The molecule has 0 saturated carbocycles. The molecule has 6 nitrogen and oxygen atoms in total. The lowest BCUT2D eigenvalue weighted by molar-refractivity contribution is -0.117. The van der Waals surface area contributed by atoms with Gasteiger partial charge in [-0.25, -0.2) is 0 Å². The Hall–Kier alpha value is -1.40. The molecule has 2 heterocycles. The first-order valence-electron chi connectivity index (χ1n) is 6.32. The third-order valence-electron chi connectivity index (χ3n) is 2.94. The number of amides is 1. The smallest absolute Gasteiger partial charge is 0.226 e. The Morgan fingerprint density at radius 2 is 2.56 bits per heavy atom. The topological polar surface area (TPSA) is 68.2 Å². The van der Waals surface area contributed by atoms with Crippen molar-refractivity contribution in [2.45, 2.75) is 25.8 Å². The number of aromatic nitrogens is 2. The molecule has 1 unspecified atom stereocenters. The Morgan fingerprint density at radius 1 is 1.72 bits per heavy atom. The molecule has 2 N–H and O–H groups in total. The molecule has 0 aliphatic carbocycles. The summed E-state index contributed by atoms with van der Waals surface area (Å²) >= 11 is 0. The van der Waals surface area contributed by atoms with E-state index in [2.05, 4.69) is 15.7 Å². The van der Waals surface area contributed by atoms with Gasteiger partial charge in [0.1, 0.15) is 0 Å². The van der Waals surface area contributed by atoms with E-state index in [1.807, 2.05) is 20.2 Å². The van der Waals surface area contributed by atoms with Crippen LogP contribution in [-0.4, -0.2) is 41.5 Å². The second-order valence-corrected chi connectivity index (χ2v) is 4.49. The molecule has 1 fully saturated rings. The highest BCUT2D eigenvalue weighted by molar-refractivity contribution is 5.91. The van der Waals surface area contributed by atoms with E-state index < -0.39 is 0 Å². The molecule has 1 saturated heterocycles. The summed E-state index contributed by atoms with van der Waals surface area (Å²) in [5, 5.41) is 10.5. The van der Waals surface area contributed by atoms with Crippen molar-refractivity contribution in [2.75, 3.05) is 25.1 Å². The molecule has 1 aliphatic rings. The average molecular weight is 252 g/mol. The van der Waals surface area contributed by atoms with Gasteiger partial charge >= 0.3 is 0 Å². The summed E-state index contributed by atoms with van der Waals surface area (Å²) in [6.45, 7) is 4.15. The van der Waals surface area contributed by atoms with Crippen LogP contribution < -0.4 is 10.6 Å². The summed E-state index contributed by atoms with van der Waals surface area (Å²) < 4.78 is 7.04. The van der Waals surface area contributed by atoms with Crippen LogP contribution in [0.15, 0.2) is 6.20 Å². The number of anilines is 1. The Morgan fingerprint density at radius 3 is 3.22 bits per heavy atom. The van der Waals surface area contributed by atoms with Gasteiger partial charge in [-0.2, -0.15) is 5.10 Å². The number of carbonyl (C=O) groups excluding carboxylic acids is 1. The minimum Gasteiger partial charge on any atom is -0.378 e. The van der Waals surface area contributed by atoms with Crippen LogP contribution in [0.4, 0.5) is 5.69 Å². The zero-order valence-electron chi connectivity index (χ0n) is 10.9. The summed E-state index contributed by atoms with van der Waals surface area (Å²) in [5.41, 5.74) is 1.72. The molecule has 1 aliphatic heterocycles. The van der Waals surface area contributed by atoms with Gasteiger partial charge in [0, 0.05) is 32.3 Å². The van der Waals surface area contributed by atoms with Crippen LogP contribution in [0.2, 0.25) is 0 Å². The predicted molar refractivity (Wildman–Crippen MR) is 68.4 cm³/mol. The van der Waals surface area contributed by atoms with Gasteiger partial charge in [-0.15, -0.1) is 0 Å². The maximum atomic E-state index is 11.9. The standard InChI is InChI=1S/C12H20N4O2/c1-3-10-11(7-16(2)15-10)14-12(17)6-9-8-18-5-4-13-9/h7,9,13H,3-6,8H2,1-2H3,(H,14,17). The van der Waals surface area contributed by atoms with Crippen LogP contribution in [0.3, 0.4) is 0 Å². The monoisotopic (exact) mass is 252 g/mol. The van der Waals surface area contributed by atoms with Crippen molar-refractivity contribution in [1.82, 2.24) is 15.1 Å². The molecule has 1 aromatic heterocycles. The van der Waals surface area contributed by atoms with Crippen molar-refractivity contribution in [3.63, 3.8) is 0 Å². The fraction of sp³-hybridized carbons (Fsp3) is 0.667. The average Bonchev–Trinajstić information content (AvgIpc) is 2.70. The summed E-state index contributed by atoms with van der Waals surface area (Å²) in [6.07, 6.45) is 3.07. The molecule has 0 bridgehead atoms. The zero-order valence-corrected chi connectivity index (χ0v) is 10.9. The second kappa shape index (κ2) is 5.97. The highest BCUT2D eigenvalue weighted by atomic mass is 16.5. The lowest BCUT2D eigenvalue weighted by atomic mass is 10.2. The van der Waals surface area contributed by atoms with Gasteiger partial charge in [-0.3, -0.25) is 9.48 Å². The lowest BCUT2D eigenvalue weighted by Gasteiger charge is -2.23. The molecule has 1 aromatic rings. The number of nitrogens with one attached hydrogen (secondary N) is 2. The first kappa shape index (κ1) is 13.0. The van der Waals surface area contributed by atoms with E-state index in [4.69, 9.17) is 4.74 Å². The van der Waals surface area contributed by atoms with Crippen molar-refractivity contribution in [3.8, 4) is 0 Å². The number of hydrogen-bond acceptors (Lipinski definition) is 4. The first-order chi connectivity index (χ1) is 8.69. The van der Waals surface area contributed by atoms with Crippen molar-refractivity contribution < 1.29 is 9.53 Å². The van der Waals surface area contributed by atoms with E-state index in [0.717, 1.165) is 31.0 Å². The molecule has 0 radical (unpaired) electrons. The van der Waals surface area contributed by atoms with E-state index in [9.17, 15) is 4.79 Å². The van der Waals surface area contributed by atoms with Crippen molar-refractivity contribution >= 4 is 11.6 Å². The van der Waals surface area contributed by atoms with Gasteiger partial charge in [-0.1, -0.05) is 6.92 Å². The minimum absolute atomic E-state index is 0.000648. The van der Waals surface area contributed by atoms with Gasteiger partial charge in [0.2, 0.25) is 5.91 Å². The van der Waals surface area contributed by atoms with Crippen molar-refractivity contribution in [3.05, 3.63) is 11.9 Å². The molecule has 1 amide bonds. The molecule has 0 spiro atoms. The number of morpholine rings is 1. The molecule has 100 valence electrons. The van der Waals surface area contributed by atoms with Crippen molar-refractivity contribution in [1.29, 1.82) is 0 Å². The quantitative estimate of drug-likeness (QED) is 0.808. The number of hydrogen-bond donors (Lipinski definition) is 2. The highest BCUT2D eigenvalue weighted by Crippen LogP contribution is 2.14. The molecule has 2 rings (SSSR count). The number of nitrogens with zero attached hydrogens (tertiary/aromatic N) is 2. The molecular formula is C12H20N4O2. The van der Waals surface area contributed by atoms with E-state index in [1.54, 1.807) is 4.68 Å². The molecular weight excluding hydrogens is 232 g/mol. The van der Waals surface area contributed by atoms with Crippen LogP contribution in [-0.2, 0) is 23.0 Å². The van der Waals surface area contributed by atoms with E-state index in [0.29, 0.717) is 13.0 Å². The number of ether oxygens (including phenoxy) is 1. The number of aryl methyl sites for hydroxylation is 2. The Labute approximate surface area is 107 Å². The zero-order chi connectivity index (χ0) is 13.0. The maximum absolute atomic E-state index is 11.9. The minimum atomic E-state index is 0.000648. The number of carbonyl (C=O) groups is 1. The Kier molecular flexibility index (Phi) is 4.33. The Bertz CT molecular complexity index is 410. The Balaban J connectivity index is 1.89. The van der Waals surface area contributed by atoms with Crippen LogP contribution >= 0.6 is 0 Å². The SMILES string of the molecule is CCc1nn(C)cc1NC(=O)CC1COCCN1. The number of rotatable bonds is 4. The largest absolute Gasteiger partial charge is 0.378 e. The molecule has 6 heteroatoms. The van der Waals surface area contributed by atoms with E-state index in [-0.39, 0.29) is 11.9 Å². The van der Waals surface area contributed by atoms with E-state index >= 15 is 0 Å². The third kappa shape index (κ3) is 3.30. The fourth-order valence-electron chi connectivity index (χ4n) is 2.08. The molecule has 0 aromatic carbocycles. The molecule has 18 heavy (non-hydrogen) atoms. The third-order valence-corrected chi connectivity index (χ3v) is 2.94. The van der Waals surface area contributed by atoms with Gasteiger partial charge in [0.05, 0.1) is 24.6 Å². The predicted octanol–water partition coefficient (Wildman–Crippen LogP) is 0.300. The fourth-order valence-corrected chi connectivity index (χ4v) is 2.08. The van der Waals surface area contributed by atoms with Gasteiger partial charge in [0.25, 0.3) is 0 Å². The van der Waals surface area contributed by atoms with Crippen molar-refractivity contribution in [2.24, 2.45) is 7.05 Å². The maximum Gasteiger partial charge on any atom is 0.226 e. The summed E-state index contributed by atoms with van der Waals surface area (Å²) in [7, 11) is 1.85. The second-order valence-electron chi connectivity index (χ2n) is 4.49. The van der Waals surface area contributed by atoms with Crippen LogP contribution in [0.1, 0.15) is 19.0 Å². The van der Waals surface area contributed by atoms with Crippen LogP contribution in [0.5, 0.6) is 0 Å². The lowest BCUT2D eigenvalue weighted by Crippen LogP contribution is -2.43. The summed E-state index contributed by atoms with van der Waals surface area (Å²) in [4.78, 5) is 11.9. The normalized spacial score (nSPS) is 19.8. The van der Waals surface area contributed by atoms with Crippen LogP contribution in [0.25, 0.3) is 0 Å². The van der Waals surface area contributed by atoms with Crippen LogP contribution in [0, 0.1) is 0 Å². The highest BCUT2D eigenvalue weighted by Gasteiger charge is 2.18. The molecule has 1 atom stereocenters. The first-order valence-corrected chi connectivity index (χ1v) is 6.32. The van der Waals surface area contributed by atoms with Gasteiger partial charge in [0.15, 0.2) is 0 Å². The van der Waals surface area contributed by atoms with Gasteiger partial charge in [-0.05, 0) is 6.42 Å². The van der Waals surface area contributed by atoms with Gasteiger partial charge < -0.3 is 15.4 Å². The van der Waals surface area contributed by atoms with E-state index in [1.165, 1.54) is 0 Å². The summed E-state index contributed by atoms with van der Waals surface area (Å²) in [5.74, 6) is 0.000648. The summed E-state index contributed by atoms with van der Waals surface area (Å²) in [6, 6.07) is 0.112.